The molecular weight excluding hydrogens is 568 g/mol. The van der Waals surface area contributed by atoms with Crippen LogP contribution in [0.25, 0.3) is 10.9 Å². The summed E-state index contributed by atoms with van der Waals surface area (Å²) in [4.78, 5) is 46.6. The molecule has 1 atom stereocenters. The lowest BCUT2D eigenvalue weighted by Crippen LogP contribution is -2.43. The zero-order valence-corrected chi connectivity index (χ0v) is 25.3. The predicted octanol–water partition coefficient (Wildman–Crippen LogP) is 5.90. The summed E-state index contributed by atoms with van der Waals surface area (Å²) in [6, 6.07) is 31.6. The molecule has 0 aliphatic heterocycles. The standard InChI is InChI=1S/C36H36N4O5/c1-25-29(24-40(36(43)44)23-28-16-10-5-11-17-28)18-19-30-32(25)34(42)45-35(37-30)38-31(22-27-14-8-4-9-15-27)33(41)39(2)21-20-26-12-6-3-7-13-26/h3-19,31H,20-24H2,1-2H3,(H,37,38)(H,43,44). The van der Waals surface area contributed by atoms with Gasteiger partial charge in [0.15, 0.2) is 0 Å². The molecule has 0 bridgehead atoms. The highest BCUT2D eigenvalue weighted by Gasteiger charge is 2.25. The third-order valence-corrected chi connectivity index (χ3v) is 7.85. The van der Waals surface area contributed by atoms with Crippen molar-refractivity contribution in [2.75, 3.05) is 18.9 Å². The molecular formula is C36H36N4O5. The lowest BCUT2D eigenvalue weighted by molar-refractivity contribution is -0.130. The summed E-state index contributed by atoms with van der Waals surface area (Å²) in [5.41, 5.74) is 3.99. The van der Waals surface area contributed by atoms with E-state index in [0.29, 0.717) is 36.0 Å². The monoisotopic (exact) mass is 604 g/mol. The number of rotatable bonds is 12. The summed E-state index contributed by atoms with van der Waals surface area (Å²) in [6.07, 6.45) is 0.00537. The molecule has 0 radical (unpaired) electrons. The zero-order chi connectivity index (χ0) is 31.8. The fraction of sp³-hybridized carbons (Fsp3) is 0.222. The van der Waals surface area contributed by atoms with Gasteiger partial charge in [-0.15, -0.1) is 0 Å². The van der Waals surface area contributed by atoms with Gasteiger partial charge in [-0.05, 0) is 47.2 Å². The van der Waals surface area contributed by atoms with Crippen LogP contribution in [0.3, 0.4) is 0 Å². The first kappa shape index (κ1) is 31.0. The second-order valence-electron chi connectivity index (χ2n) is 11.1. The van der Waals surface area contributed by atoms with Gasteiger partial charge in [0.1, 0.15) is 6.04 Å². The van der Waals surface area contributed by atoms with Crippen molar-refractivity contribution in [1.82, 2.24) is 14.8 Å². The highest BCUT2D eigenvalue weighted by molar-refractivity contribution is 5.85. The molecule has 1 aromatic heterocycles. The number of carbonyl (C=O) groups is 2. The Morgan fingerprint density at radius 2 is 1.44 bits per heavy atom. The van der Waals surface area contributed by atoms with E-state index in [0.717, 1.165) is 16.7 Å². The molecule has 9 nitrogen and oxygen atoms in total. The van der Waals surface area contributed by atoms with Gasteiger partial charge in [-0.1, -0.05) is 97.1 Å². The first-order valence-corrected chi connectivity index (χ1v) is 14.8. The average Bonchev–Trinajstić information content (AvgIpc) is 3.05. The predicted molar refractivity (Wildman–Crippen MR) is 174 cm³/mol. The third kappa shape index (κ3) is 7.94. The molecule has 1 unspecified atom stereocenters. The van der Waals surface area contributed by atoms with E-state index in [1.807, 2.05) is 91.0 Å². The van der Waals surface area contributed by atoms with Crippen molar-refractivity contribution in [2.45, 2.75) is 38.9 Å². The number of hydrogen-bond donors (Lipinski definition) is 2. The number of carbonyl (C=O) groups excluding carboxylic acids is 1. The molecule has 2 N–H and O–H groups in total. The van der Waals surface area contributed by atoms with Crippen LogP contribution in [0.2, 0.25) is 0 Å². The smallest absolute Gasteiger partial charge is 0.407 e. The minimum atomic E-state index is -1.06. The van der Waals surface area contributed by atoms with E-state index in [4.69, 9.17) is 4.42 Å². The Kier molecular flexibility index (Phi) is 9.89. The number of benzene rings is 4. The van der Waals surface area contributed by atoms with Crippen LogP contribution in [0.1, 0.15) is 27.8 Å². The third-order valence-electron chi connectivity index (χ3n) is 7.85. The molecule has 1 heterocycles. The normalized spacial score (nSPS) is 11.6. The minimum Gasteiger partial charge on any atom is -0.465 e. The second-order valence-corrected chi connectivity index (χ2v) is 11.1. The molecule has 9 heteroatoms. The molecule has 0 saturated heterocycles. The highest BCUT2D eigenvalue weighted by atomic mass is 16.4. The molecule has 0 aliphatic rings. The number of anilines is 1. The summed E-state index contributed by atoms with van der Waals surface area (Å²) in [7, 11) is 1.76. The summed E-state index contributed by atoms with van der Waals surface area (Å²) in [5, 5.41) is 13.2. The number of nitrogens with zero attached hydrogens (tertiary/aromatic N) is 3. The Bertz CT molecular complexity index is 1810. The van der Waals surface area contributed by atoms with Crippen molar-refractivity contribution in [3.05, 3.63) is 141 Å². The van der Waals surface area contributed by atoms with Crippen molar-refractivity contribution >= 4 is 28.9 Å². The first-order valence-electron chi connectivity index (χ1n) is 14.8. The summed E-state index contributed by atoms with van der Waals surface area (Å²) < 4.78 is 5.62. The van der Waals surface area contributed by atoms with Gasteiger partial charge in [-0.25, -0.2) is 9.59 Å². The van der Waals surface area contributed by atoms with E-state index in [2.05, 4.69) is 10.3 Å². The van der Waals surface area contributed by atoms with Gasteiger partial charge in [0.25, 0.3) is 6.01 Å². The van der Waals surface area contributed by atoms with Crippen molar-refractivity contribution < 1.29 is 19.1 Å². The Labute approximate surface area is 261 Å². The molecule has 4 aromatic carbocycles. The molecule has 45 heavy (non-hydrogen) atoms. The SMILES string of the molecule is Cc1c(CN(Cc2ccccc2)C(=O)O)ccc2nc(NC(Cc3ccccc3)C(=O)N(C)CCc3ccccc3)oc(=O)c12. The van der Waals surface area contributed by atoms with Crippen LogP contribution >= 0.6 is 0 Å². The number of amides is 2. The quantitative estimate of drug-likeness (QED) is 0.182. The van der Waals surface area contributed by atoms with Gasteiger partial charge in [0, 0.05) is 33.1 Å². The summed E-state index contributed by atoms with van der Waals surface area (Å²) >= 11 is 0. The van der Waals surface area contributed by atoms with Crippen LogP contribution in [0, 0.1) is 6.92 Å². The van der Waals surface area contributed by atoms with E-state index >= 15 is 0 Å². The molecule has 2 amide bonds. The molecule has 0 fully saturated rings. The maximum atomic E-state index is 13.7. The van der Waals surface area contributed by atoms with E-state index < -0.39 is 17.8 Å². The van der Waals surface area contributed by atoms with Gasteiger partial charge < -0.3 is 19.7 Å². The van der Waals surface area contributed by atoms with Crippen molar-refractivity contribution in [3.8, 4) is 0 Å². The number of carboxylic acid groups (broad SMARTS) is 1. The second kappa shape index (κ2) is 14.4. The van der Waals surface area contributed by atoms with E-state index in [1.165, 1.54) is 4.90 Å². The summed E-state index contributed by atoms with van der Waals surface area (Å²) in [6.45, 7) is 2.58. The summed E-state index contributed by atoms with van der Waals surface area (Å²) in [5.74, 6) is -0.155. The fourth-order valence-electron chi connectivity index (χ4n) is 5.31. The van der Waals surface area contributed by atoms with E-state index in [1.54, 1.807) is 31.0 Å². The van der Waals surface area contributed by atoms with Crippen LogP contribution in [0.4, 0.5) is 10.8 Å². The van der Waals surface area contributed by atoms with Gasteiger partial charge in [-0.3, -0.25) is 9.69 Å². The maximum absolute atomic E-state index is 13.7. The van der Waals surface area contributed by atoms with Crippen LogP contribution in [-0.4, -0.2) is 51.5 Å². The van der Waals surface area contributed by atoms with Crippen molar-refractivity contribution in [1.29, 1.82) is 0 Å². The highest BCUT2D eigenvalue weighted by Crippen LogP contribution is 2.22. The maximum Gasteiger partial charge on any atom is 0.407 e. The molecule has 0 aliphatic carbocycles. The minimum absolute atomic E-state index is 0.0540. The number of hydrogen-bond acceptors (Lipinski definition) is 6. The van der Waals surface area contributed by atoms with Crippen LogP contribution in [0.15, 0.2) is 112 Å². The van der Waals surface area contributed by atoms with Gasteiger partial charge in [-0.2, -0.15) is 4.98 Å². The molecule has 0 spiro atoms. The Hall–Kier alpha value is -5.44. The lowest BCUT2D eigenvalue weighted by atomic mass is 10.0. The number of likely N-dealkylation sites (N-methyl/N-ethyl adjacent to an activating group) is 1. The van der Waals surface area contributed by atoms with Crippen LogP contribution < -0.4 is 10.9 Å². The van der Waals surface area contributed by atoms with Crippen molar-refractivity contribution in [2.24, 2.45) is 0 Å². The van der Waals surface area contributed by atoms with Crippen LogP contribution in [-0.2, 0) is 30.7 Å². The topological polar surface area (TPSA) is 116 Å². The first-order chi connectivity index (χ1) is 21.8. The Morgan fingerprint density at radius 1 is 0.844 bits per heavy atom. The van der Waals surface area contributed by atoms with E-state index in [9.17, 15) is 19.5 Å². The van der Waals surface area contributed by atoms with Gasteiger partial charge in [0.2, 0.25) is 5.91 Å². The van der Waals surface area contributed by atoms with Gasteiger partial charge >= 0.3 is 11.7 Å². The van der Waals surface area contributed by atoms with Gasteiger partial charge in [0.05, 0.1) is 10.9 Å². The van der Waals surface area contributed by atoms with Crippen molar-refractivity contribution in [3.63, 3.8) is 0 Å². The number of aryl methyl sites for hydroxylation is 1. The number of aromatic nitrogens is 1. The number of fused-ring (bicyclic) bond motifs is 1. The molecule has 5 rings (SSSR count). The molecule has 0 saturated carbocycles. The molecule has 230 valence electrons. The lowest BCUT2D eigenvalue weighted by Gasteiger charge is -2.25. The van der Waals surface area contributed by atoms with E-state index in [-0.39, 0.29) is 30.4 Å². The Morgan fingerprint density at radius 3 is 2.07 bits per heavy atom. The largest absolute Gasteiger partial charge is 0.465 e. The zero-order valence-electron chi connectivity index (χ0n) is 25.3. The fourth-order valence-corrected chi connectivity index (χ4v) is 5.31. The molecule has 5 aromatic rings. The number of nitrogens with one attached hydrogen (secondary N) is 1. The van der Waals surface area contributed by atoms with Crippen LogP contribution in [0.5, 0.6) is 0 Å². The Balaban J connectivity index is 1.38. The average molecular weight is 605 g/mol.